The topological polar surface area (TPSA) is 77.1 Å². The average Bonchev–Trinajstić information content (AvgIpc) is 3.10. The number of ether oxygens (including phenoxy) is 3. The quantitative estimate of drug-likeness (QED) is 0.408. The van der Waals surface area contributed by atoms with Gasteiger partial charge >= 0.3 is 12.1 Å². The number of carbonyl (C=O) groups is 2. The summed E-state index contributed by atoms with van der Waals surface area (Å²) in [7, 11) is 4.40. The van der Waals surface area contributed by atoms with Gasteiger partial charge in [-0.3, -0.25) is 14.5 Å². The van der Waals surface area contributed by atoms with Crippen molar-refractivity contribution in [1.29, 1.82) is 0 Å². The van der Waals surface area contributed by atoms with Gasteiger partial charge in [-0.1, -0.05) is 30.3 Å². The summed E-state index contributed by atoms with van der Waals surface area (Å²) >= 11 is 0. The van der Waals surface area contributed by atoms with E-state index in [9.17, 15) is 22.8 Å². The molecule has 0 saturated carbocycles. The van der Waals surface area contributed by atoms with Crippen molar-refractivity contribution in [3.63, 3.8) is 0 Å². The molecule has 2 unspecified atom stereocenters. The summed E-state index contributed by atoms with van der Waals surface area (Å²) in [6, 6.07) is 16.8. The highest BCUT2D eigenvalue weighted by molar-refractivity contribution is 6.07. The Labute approximate surface area is 229 Å². The number of alkyl halides is 3. The van der Waals surface area contributed by atoms with E-state index in [0.29, 0.717) is 34.2 Å². The van der Waals surface area contributed by atoms with Crippen LogP contribution in [0.3, 0.4) is 0 Å². The Morgan fingerprint density at radius 1 is 0.875 bits per heavy atom. The Balaban J connectivity index is 1.72. The maximum absolute atomic E-state index is 14.1. The zero-order chi connectivity index (χ0) is 28.6. The van der Waals surface area contributed by atoms with Gasteiger partial charge in [-0.25, -0.2) is 0 Å². The molecule has 1 N–H and O–H groups in total. The number of halogens is 3. The van der Waals surface area contributed by atoms with Crippen molar-refractivity contribution in [2.45, 2.75) is 31.0 Å². The fraction of sp³-hybridized carbons (Fsp3) is 0.267. The molecule has 3 aromatic rings. The SMILES string of the molecule is COc1ccc(C2CC(=O)C3=C(C2)Nc2ccccc2N(C(=O)C(F)(F)F)C3c2ccc(OC)c(OC)c2)cc1. The highest BCUT2D eigenvalue weighted by atomic mass is 19.4. The van der Waals surface area contributed by atoms with E-state index in [1.54, 1.807) is 49.6 Å². The van der Waals surface area contributed by atoms with Crippen molar-refractivity contribution in [1.82, 2.24) is 0 Å². The molecule has 7 nitrogen and oxygen atoms in total. The van der Waals surface area contributed by atoms with Crippen molar-refractivity contribution in [2.24, 2.45) is 0 Å². The summed E-state index contributed by atoms with van der Waals surface area (Å²) in [5.74, 6) is -1.39. The third-order valence-electron chi connectivity index (χ3n) is 7.26. The molecule has 3 aromatic carbocycles. The summed E-state index contributed by atoms with van der Waals surface area (Å²) in [5, 5.41) is 3.22. The van der Waals surface area contributed by atoms with Gasteiger partial charge in [0.25, 0.3) is 0 Å². The fourth-order valence-corrected chi connectivity index (χ4v) is 5.40. The van der Waals surface area contributed by atoms with Gasteiger partial charge in [0.15, 0.2) is 17.3 Å². The summed E-state index contributed by atoms with van der Waals surface area (Å²) in [6.45, 7) is 0. The zero-order valence-electron chi connectivity index (χ0n) is 22.0. The number of hydrogen-bond donors (Lipinski definition) is 1. The Morgan fingerprint density at radius 2 is 1.55 bits per heavy atom. The lowest BCUT2D eigenvalue weighted by atomic mass is 9.78. The molecule has 0 fully saturated rings. The molecule has 0 aromatic heterocycles. The summed E-state index contributed by atoms with van der Waals surface area (Å²) < 4.78 is 58.3. The van der Waals surface area contributed by atoms with E-state index in [0.717, 1.165) is 5.56 Å². The number of amides is 1. The number of nitrogens with zero attached hydrogens (tertiary/aromatic N) is 1. The van der Waals surface area contributed by atoms with Crippen LogP contribution in [0.2, 0.25) is 0 Å². The van der Waals surface area contributed by atoms with E-state index < -0.39 is 18.1 Å². The number of benzene rings is 3. The van der Waals surface area contributed by atoms with E-state index in [1.807, 2.05) is 12.1 Å². The summed E-state index contributed by atoms with van der Waals surface area (Å²) in [6.07, 6.45) is -4.79. The van der Waals surface area contributed by atoms with Gasteiger partial charge in [0, 0.05) is 17.7 Å². The monoisotopic (exact) mass is 552 g/mol. The van der Waals surface area contributed by atoms with Gasteiger partial charge in [-0.2, -0.15) is 13.2 Å². The van der Waals surface area contributed by atoms with Crippen LogP contribution in [0.5, 0.6) is 17.2 Å². The number of methoxy groups -OCH3 is 3. The molecule has 1 heterocycles. The molecule has 1 aliphatic carbocycles. The number of Topliss-reactive ketones (excluding diaryl/α,β-unsaturated/α-hetero) is 1. The normalized spacial score (nSPS) is 18.8. The van der Waals surface area contributed by atoms with Crippen LogP contribution in [0.15, 0.2) is 78.0 Å². The number of nitrogens with one attached hydrogen (secondary N) is 1. The van der Waals surface area contributed by atoms with E-state index in [1.165, 1.54) is 26.4 Å². The molecule has 10 heteroatoms. The largest absolute Gasteiger partial charge is 0.497 e. The van der Waals surface area contributed by atoms with Crippen molar-refractivity contribution in [2.75, 3.05) is 31.5 Å². The molecule has 1 amide bonds. The van der Waals surface area contributed by atoms with Crippen LogP contribution in [-0.2, 0) is 9.59 Å². The van der Waals surface area contributed by atoms with E-state index in [-0.39, 0.29) is 40.7 Å². The minimum absolute atomic E-state index is 0.00723. The molecular weight excluding hydrogens is 525 g/mol. The van der Waals surface area contributed by atoms with Crippen molar-refractivity contribution < 1.29 is 37.0 Å². The summed E-state index contributed by atoms with van der Waals surface area (Å²) in [4.78, 5) is 27.7. The highest BCUT2D eigenvalue weighted by Gasteiger charge is 2.50. The first-order chi connectivity index (χ1) is 19.2. The number of ketones is 1. The zero-order valence-corrected chi connectivity index (χ0v) is 22.0. The maximum Gasteiger partial charge on any atom is 0.471 e. The number of hydrogen-bond acceptors (Lipinski definition) is 6. The molecule has 0 spiro atoms. The van der Waals surface area contributed by atoms with Gasteiger partial charge < -0.3 is 19.5 Å². The van der Waals surface area contributed by atoms with Crippen LogP contribution in [0, 0.1) is 0 Å². The molecule has 0 saturated heterocycles. The van der Waals surface area contributed by atoms with E-state index >= 15 is 0 Å². The summed E-state index contributed by atoms with van der Waals surface area (Å²) in [5.41, 5.74) is 2.03. The second-order valence-electron chi connectivity index (χ2n) is 9.53. The lowest BCUT2D eigenvalue weighted by Gasteiger charge is -2.35. The van der Waals surface area contributed by atoms with E-state index in [2.05, 4.69) is 5.32 Å². The van der Waals surface area contributed by atoms with Gasteiger partial charge in [0.05, 0.1) is 38.7 Å². The van der Waals surface area contributed by atoms with Crippen molar-refractivity contribution in [3.8, 4) is 17.2 Å². The smallest absolute Gasteiger partial charge is 0.471 e. The number of fused-ring (bicyclic) bond motifs is 1. The predicted octanol–water partition coefficient (Wildman–Crippen LogP) is 6.18. The second kappa shape index (κ2) is 10.6. The molecular formula is C30H27F3N2O5. The first kappa shape index (κ1) is 27.1. The van der Waals surface area contributed by atoms with Crippen LogP contribution in [0.4, 0.5) is 24.5 Å². The van der Waals surface area contributed by atoms with Gasteiger partial charge in [0.2, 0.25) is 0 Å². The van der Waals surface area contributed by atoms with Gasteiger partial charge in [0.1, 0.15) is 5.75 Å². The molecule has 0 bridgehead atoms. The first-order valence-corrected chi connectivity index (χ1v) is 12.5. The van der Waals surface area contributed by atoms with Crippen LogP contribution in [0.1, 0.15) is 35.9 Å². The Bertz CT molecular complexity index is 1480. The Hall–Kier alpha value is -4.47. The fourth-order valence-electron chi connectivity index (χ4n) is 5.40. The molecule has 2 aliphatic rings. The maximum atomic E-state index is 14.1. The first-order valence-electron chi connectivity index (χ1n) is 12.5. The number of rotatable bonds is 5. The molecule has 2 atom stereocenters. The number of carbonyl (C=O) groups excluding carboxylic acids is 2. The minimum atomic E-state index is -5.20. The number of para-hydroxylation sites is 2. The second-order valence-corrected chi connectivity index (χ2v) is 9.53. The predicted molar refractivity (Wildman–Crippen MR) is 143 cm³/mol. The van der Waals surface area contributed by atoms with Crippen LogP contribution >= 0.6 is 0 Å². The molecule has 1 aliphatic heterocycles. The minimum Gasteiger partial charge on any atom is -0.497 e. The van der Waals surface area contributed by atoms with Crippen molar-refractivity contribution in [3.05, 3.63) is 89.1 Å². The molecule has 40 heavy (non-hydrogen) atoms. The number of anilines is 2. The standard InChI is InChI=1S/C30H27F3N2O5/c1-38-20-11-8-17(9-12-20)19-14-22-27(24(36)15-19)28(18-10-13-25(39-2)26(16-18)40-3)35(29(37)30(31,32)33)23-7-5-4-6-21(23)34-22/h4-13,16,19,28,34H,14-15H2,1-3H3. The molecule has 0 radical (unpaired) electrons. The van der Waals surface area contributed by atoms with Crippen LogP contribution in [-0.4, -0.2) is 39.2 Å². The van der Waals surface area contributed by atoms with Crippen molar-refractivity contribution >= 4 is 23.1 Å². The van der Waals surface area contributed by atoms with Crippen LogP contribution in [0.25, 0.3) is 0 Å². The van der Waals surface area contributed by atoms with Gasteiger partial charge in [-0.15, -0.1) is 0 Å². The Kier molecular flexibility index (Phi) is 7.18. The lowest BCUT2D eigenvalue weighted by molar-refractivity contribution is -0.170. The lowest BCUT2D eigenvalue weighted by Crippen LogP contribution is -2.45. The third kappa shape index (κ3) is 4.85. The molecule has 208 valence electrons. The third-order valence-corrected chi connectivity index (χ3v) is 7.26. The van der Waals surface area contributed by atoms with Crippen LogP contribution < -0.4 is 24.4 Å². The highest BCUT2D eigenvalue weighted by Crippen LogP contribution is 2.49. The molecule has 5 rings (SSSR count). The van der Waals surface area contributed by atoms with E-state index in [4.69, 9.17) is 14.2 Å². The van der Waals surface area contributed by atoms with Gasteiger partial charge in [-0.05, 0) is 59.9 Å². The number of allylic oxidation sites excluding steroid dienone is 1. The Morgan fingerprint density at radius 3 is 2.20 bits per heavy atom. The average molecular weight is 553 g/mol.